The maximum Gasteiger partial charge on any atom is 0.235 e. The van der Waals surface area contributed by atoms with Crippen LogP contribution >= 0.6 is 0 Å². The molecule has 1 N–H and O–H groups in total. The Labute approximate surface area is 136 Å². The van der Waals surface area contributed by atoms with Crippen LogP contribution in [-0.4, -0.2) is 37.4 Å². The Morgan fingerprint density at radius 1 is 1.26 bits per heavy atom. The summed E-state index contributed by atoms with van der Waals surface area (Å²) in [5, 5.41) is 0. The summed E-state index contributed by atoms with van der Waals surface area (Å²) in [5.74, 6) is 0.286. The topological polar surface area (TPSA) is 81.2 Å². The third-order valence-corrected chi connectivity index (χ3v) is 5.67. The van der Waals surface area contributed by atoms with Crippen LogP contribution in [0.5, 0.6) is 0 Å². The molecule has 23 heavy (non-hydrogen) atoms. The monoisotopic (exact) mass is 335 g/mol. The lowest BCUT2D eigenvalue weighted by atomic mass is 10.0. The summed E-state index contributed by atoms with van der Waals surface area (Å²) in [6.07, 6.45) is 7.30. The summed E-state index contributed by atoms with van der Waals surface area (Å²) < 4.78 is 33.1. The number of nitrogens with one attached hydrogen (secondary N) is 1. The number of rotatable bonds is 6. The van der Waals surface area contributed by atoms with E-state index >= 15 is 0 Å². The number of hydrogen-bond acceptors (Lipinski definition) is 5. The molecule has 0 unspecified atom stereocenters. The molecule has 0 aromatic carbocycles. The zero-order valence-electron chi connectivity index (χ0n) is 13.1. The maximum atomic E-state index is 12.5. The molecule has 1 aliphatic rings. The van der Waals surface area contributed by atoms with Gasteiger partial charge in [-0.3, -0.25) is 14.7 Å². The average molecular weight is 335 g/mol. The van der Waals surface area contributed by atoms with Gasteiger partial charge in [0.05, 0.1) is 23.1 Å². The van der Waals surface area contributed by atoms with Gasteiger partial charge in [0, 0.05) is 19.5 Å². The second-order valence-electron chi connectivity index (χ2n) is 5.93. The Morgan fingerprint density at radius 2 is 2.04 bits per heavy atom. The van der Waals surface area contributed by atoms with Crippen molar-refractivity contribution in [3.05, 3.63) is 30.6 Å². The Morgan fingerprint density at radius 3 is 2.78 bits per heavy atom. The Hall–Kier alpha value is -1.73. The molecular weight excluding hydrogens is 314 g/mol. The van der Waals surface area contributed by atoms with Gasteiger partial charge in [-0.1, -0.05) is 12.8 Å². The van der Waals surface area contributed by atoms with Crippen LogP contribution in [0.4, 0.5) is 5.69 Å². The van der Waals surface area contributed by atoms with E-state index in [1.54, 1.807) is 37.7 Å². The minimum Gasteiger partial charge on any atom is -0.380 e. The number of nitrogens with zero attached hydrogens (tertiary/aromatic N) is 2. The smallest absolute Gasteiger partial charge is 0.235 e. The number of hydrogen-bond donors (Lipinski definition) is 1. The van der Waals surface area contributed by atoms with Crippen molar-refractivity contribution in [2.24, 2.45) is 5.92 Å². The molecule has 2 heterocycles. The first kappa shape index (κ1) is 16.1. The van der Waals surface area contributed by atoms with Gasteiger partial charge in [-0.05, 0) is 37.0 Å². The zero-order chi connectivity index (χ0) is 16.3. The lowest BCUT2D eigenvalue weighted by molar-refractivity contribution is 0.0718. The number of fused-ring (bicyclic) bond motifs is 1. The predicted octanol–water partition coefficient (Wildman–Crippen LogP) is 2.58. The molecule has 0 spiro atoms. The van der Waals surface area contributed by atoms with Gasteiger partial charge in [0.25, 0.3) is 0 Å². The Bertz CT molecular complexity index is 768. The van der Waals surface area contributed by atoms with Crippen molar-refractivity contribution < 1.29 is 13.2 Å². The molecule has 0 bridgehead atoms. The van der Waals surface area contributed by atoms with E-state index in [1.165, 1.54) is 0 Å². The standard InChI is InChI=1S/C16H21N3O3S/c1-22-15(12-5-2-3-6-12)11-23(20,21)19-14-8-10-17-13-7-4-9-18-16(13)14/h4,7-10,12,15H,2-3,5-6,11H2,1H3,(H,17,19)/t15-/m0/s1. The predicted molar refractivity (Wildman–Crippen MR) is 89.7 cm³/mol. The zero-order valence-corrected chi connectivity index (χ0v) is 13.9. The molecule has 1 saturated carbocycles. The summed E-state index contributed by atoms with van der Waals surface area (Å²) in [7, 11) is -1.93. The van der Waals surface area contributed by atoms with E-state index in [4.69, 9.17) is 4.74 Å². The number of aromatic nitrogens is 2. The van der Waals surface area contributed by atoms with Crippen molar-refractivity contribution in [3.63, 3.8) is 0 Å². The van der Waals surface area contributed by atoms with Crippen molar-refractivity contribution in [2.75, 3.05) is 17.6 Å². The van der Waals surface area contributed by atoms with E-state index < -0.39 is 10.0 Å². The summed E-state index contributed by atoms with van der Waals surface area (Å²) in [6.45, 7) is 0. The van der Waals surface area contributed by atoms with Crippen LogP contribution in [0.15, 0.2) is 30.6 Å². The lowest BCUT2D eigenvalue weighted by Crippen LogP contribution is -2.32. The van der Waals surface area contributed by atoms with Gasteiger partial charge in [0.1, 0.15) is 5.52 Å². The van der Waals surface area contributed by atoms with Gasteiger partial charge in [-0.15, -0.1) is 0 Å². The molecular formula is C16H21N3O3S. The first-order valence-corrected chi connectivity index (χ1v) is 9.47. The van der Waals surface area contributed by atoms with Gasteiger partial charge in [0.2, 0.25) is 10.0 Å². The largest absolute Gasteiger partial charge is 0.380 e. The highest BCUT2D eigenvalue weighted by molar-refractivity contribution is 7.92. The van der Waals surface area contributed by atoms with Gasteiger partial charge in [0.15, 0.2) is 0 Å². The van der Waals surface area contributed by atoms with E-state index in [-0.39, 0.29) is 11.9 Å². The summed E-state index contributed by atoms with van der Waals surface area (Å²) >= 11 is 0. The van der Waals surface area contributed by atoms with Gasteiger partial charge in [-0.25, -0.2) is 8.42 Å². The highest BCUT2D eigenvalue weighted by Crippen LogP contribution is 2.30. The van der Waals surface area contributed by atoms with Crippen molar-refractivity contribution in [2.45, 2.75) is 31.8 Å². The van der Waals surface area contributed by atoms with Crippen molar-refractivity contribution in [1.82, 2.24) is 9.97 Å². The summed E-state index contributed by atoms with van der Waals surface area (Å²) in [5.41, 5.74) is 1.66. The first-order valence-electron chi connectivity index (χ1n) is 7.82. The summed E-state index contributed by atoms with van der Waals surface area (Å²) in [4.78, 5) is 8.41. The fraction of sp³-hybridized carbons (Fsp3) is 0.500. The van der Waals surface area contributed by atoms with Crippen LogP contribution in [0.2, 0.25) is 0 Å². The van der Waals surface area contributed by atoms with Crippen molar-refractivity contribution in [3.8, 4) is 0 Å². The minimum absolute atomic E-state index is 0.0369. The lowest BCUT2D eigenvalue weighted by Gasteiger charge is -2.22. The molecule has 0 amide bonds. The van der Waals surface area contributed by atoms with E-state index in [0.29, 0.717) is 22.6 Å². The molecule has 1 atom stereocenters. The third kappa shape index (κ3) is 3.79. The molecule has 2 aromatic rings. The van der Waals surface area contributed by atoms with Crippen LogP contribution < -0.4 is 4.72 Å². The van der Waals surface area contributed by atoms with Crippen LogP contribution in [0, 0.1) is 5.92 Å². The highest BCUT2D eigenvalue weighted by atomic mass is 32.2. The van der Waals surface area contributed by atoms with E-state index in [2.05, 4.69) is 14.7 Å². The number of ether oxygens (including phenoxy) is 1. The average Bonchev–Trinajstić information content (AvgIpc) is 3.07. The molecule has 0 aliphatic heterocycles. The minimum atomic E-state index is -3.52. The van der Waals surface area contributed by atoms with E-state index in [0.717, 1.165) is 25.7 Å². The van der Waals surface area contributed by atoms with Gasteiger partial charge < -0.3 is 4.74 Å². The molecule has 0 saturated heterocycles. The van der Waals surface area contributed by atoms with Crippen LogP contribution in [-0.2, 0) is 14.8 Å². The second-order valence-corrected chi connectivity index (χ2v) is 7.70. The molecule has 0 radical (unpaired) electrons. The van der Waals surface area contributed by atoms with Crippen LogP contribution in [0.25, 0.3) is 11.0 Å². The highest BCUT2D eigenvalue weighted by Gasteiger charge is 2.29. The van der Waals surface area contributed by atoms with E-state index in [1.807, 2.05) is 0 Å². The van der Waals surface area contributed by atoms with Crippen LogP contribution in [0.3, 0.4) is 0 Å². The third-order valence-electron chi connectivity index (χ3n) is 4.37. The van der Waals surface area contributed by atoms with Crippen LogP contribution in [0.1, 0.15) is 25.7 Å². The molecule has 1 aliphatic carbocycles. The molecule has 7 heteroatoms. The van der Waals surface area contributed by atoms with Gasteiger partial charge in [-0.2, -0.15) is 0 Å². The van der Waals surface area contributed by atoms with Crippen molar-refractivity contribution in [1.29, 1.82) is 0 Å². The molecule has 6 nitrogen and oxygen atoms in total. The molecule has 1 fully saturated rings. The molecule has 124 valence electrons. The maximum absolute atomic E-state index is 12.5. The number of sulfonamides is 1. The Balaban J connectivity index is 1.79. The second kappa shape index (κ2) is 6.80. The normalized spacial score (nSPS) is 17.4. The van der Waals surface area contributed by atoms with Gasteiger partial charge >= 0.3 is 0 Å². The first-order chi connectivity index (χ1) is 11.1. The molecule has 2 aromatic heterocycles. The SMILES string of the molecule is CO[C@@H](CS(=O)(=O)Nc1ccnc2cccnc12)C1CCCC1. The summed E-state index contributed by atoms with van der Waals surface area (Å²) in [6, 6.07) is 5.20. The fourth-order valence-electron chi connectivity index (χ4n) is 3.21. The Kier molecular flexibility index (Phi) is 4.77. The number of pyridine rings is 2. The fourth-order valence-corrected chi connectivity index (χ4v) is 4.64. The van der Waals surface area contributed by atoms with E-state index in [9.17, 15) is 8.42 Å². The number of methoxy groups -OCH3 is 1. The van der Waals surface area contributed by atoms with Crippen molar-refractivity contribution >= 4 is 26.7 Å². The quantitative estimate of drug-likeness (QED) is 0.877. The molecule has 3 rings (SSSR count). The number of anilines is 1.